The molecule has 108 valence electrons. The average molecular weight is 257 g/mol. The Morgan fingerprint density at radius 1 is 1.33 bits per heavy atom. The Morgan fingerprint density at radius 2 is 1.89 bits per heavy atom. The van der Waals surface area contributed by atoms with Crippen LogP contribution in [0.1, 0.15) is 54.9 Å². The van der Waals surface area contributed by atoms with E-state index in [4.69, 9.17) is 9.47 Å². The lowest BCUT2D eigenvalue weighted by Gasteiger charge is -2.42. The van der Waals surface area contributed by atoms with Crippen LogP contribution in [0.4, 0.5) is 0 Å². The highest BCUT2D eigenvalue weighted by molar-refractivity contribution is 5.04. The summed E-state index contributed by atoms with van der Waals surface area (Å²) in [5.74, 6) is 0.444. The van der Waals surface area contributed by atoms with Crippen molar-refractivity contribution in [3.05, 3.63) is 0 Å². The topological polar surface area (TPSA) is 30.5 Å². The van der Waals surface area contributed by atoms with E-state index >= 15 is 0 Å². The Labute approximate surface area is 113 Å². The van der Waals surface area contributed by atoms with Crippen molar-refractivity contribution in [1.29, 1.82) is 0 Å². The maximum Gasteiger partial charge on any atom is 0.0782 e. The first-order valence-corrected chi connectivity index (χ1v) is 7.07. The summed E-state index contributed by atoms with van der Waals surface area (Å²) in [4.78, 5) is 0. The van der Waals surface area contributed by atoms with Crippen molar-refractivity contribution < 1.29 is 9.47 Å². The summed E-state index contributed by atoms with van der Waals surface area (Å²) in [6.07, 6.45) is 1.06. The third-order valence-corrected chi connectivity index (χ3v) is 4.12. The van der Waals surface area contributed by atoms with E-state index in [1.807, 2.05) is 7.05 Å². The summed E-state index contributed by atoms with van der Waals surface area (Å²) < 4.78 is 12.1. The molecule has 2 atom stereocenters. The lowest BCUT2D eigenvalue weighted by molar-refractivity contribution is -0.100. The van der Waals surface area contributed by atoms with E-state index in [9.17, 15) is 0 Å². The zero-order chi connectivity index (χ0) is 14.2. The molecule has 18 heavy (non-hydrogen) atoms. The minimum absolute atomic E-state index is 0.0500. The second-order valence-corrected chi connectivity index (χ2v) is 7.08. The maximum atomic E-state index is 6.21. The molecule has 0 radical (unpaired) electrons. The molecular weight excluding hydrogens is 226 g/mol. The molecule has 0 aliphatic carbocycles. The first-order valence-electron chi connectivity index (χ1n) is 7.07. The van der Waals surface area contributed by atoms with Crippen LogP contribution < -0.4 is 5.32 Å². The van der Waals surface area contributed by atoms with Crippen LogP contribution in [0, 0.1) is 5.92 Å². The molecule has 1 fully saturated rings. The standard InChI is InChI=1S/C15H31NO2/c1-9-17-15(6,7)12(16-8)11-10-13(2,3)18-14(11,4)5/h11-12,16H,9-10H2,1-8H3. The van der Waals surface area contributed by atoms with Gasteiger partial charge in [-0.05, 0) is 61.9 Å². The lowest BCUT2D eigenvalue weighted by Crippen LogP contribution is -2.55. The molecule has 0 bridgehead atoms. The number of hydrogen-bond donors (Lipinski definition) is 1. The molecule has 2 unspecified atom stereocenters. The lowest BCUT2D eigenvalue weighted by atomic mass is 9.75. The summed E-state index contributed by atoms with van der Waals surface area (Å²) in [6, 6.07) is 0.286. The molecule has 1 aliphatic heterocycles. The van der Waals surface area contributed by atoms with Gasteiger partial charge in [-0.3, -0.25) is 0 Å². The third-order valence-electron chi connectivity index (χ3n) is 4.12. The molecule has 1 rings (SSSR count). The molecule has 3 heteroatoms. The quantitative estimate of drug-likeness (QED) is 0.821. The zero-order valence-electron chi connectivity index (χ0n) is 13.4. The van der Waals surface area contributed by atoms with Crippen molar-refractivity contribution in [2.24, 2.45) is 5.92 Å². The molecule has 0 aromatic heterocycles. The van der Waals surface area contributed by atoms with Gasteiger partial charge in [-0.1, -0.05) is 0 Å². The molecule has 0 aromatic rings. The molecule has 3 nitrogen and oxygen atoms in total. The summed E-state index contributed by atoms with van der Waals surface area (Å²) in [5.41, 5.74) is -0.355. The number of ether oxygens (including phenoxy) is 2. The zero-order valence-corrected chi connectivity index (χ0v) is 13.4. The Balaban J connectivity index is 2.96. The molecule has 1 aliphatic rings. The van der Waals surface area contributed by atoms with Gasteiger partial charge in [-0.2, -0.15) is 0 Å². The van der Waals surface area contributed by atoms with Crippen LogP contribution in [0.15, 0.2) is 0 Å². The van der Waals surface area contributed by atoms with Gasteiger partial charge in [-0.25, -0.2) is 0 Å². The molecular formula is C15H31NO2. The van der Waals surface area contributed by atoms with Crippen molar-refractivity contribution in [1.82, 2.24) is 5.32 Å². The van der Waals surface area contributed by atoms with Crippen LogP contribution in [0.2, 0.25) is 0 Å². The van der Waals surface area contributed by atoms with Gasteiger partial charge in [0.1, 0.15) is 0 Å². The van der Waals surface area contributed by atoms with Crippen molar-refractivity contribution in [3.8, 4) is 0 Å². The highest BCUT2D eigenvalue weighted by atomic mass is 16.5. The van der Waals surface area contributed by atoms with Crippen LogP contribution in [0.5, 0.6) is 0 Å². The van der Waals surface area contributed by atoms with Crippen LogP contribution in [-0.4, -0.2) is 36.5 Å². The van der Waals surface area contributed by atoms with E-state index in [2.05, 4.69) is 53.8 Å². The van der Waals surface area contributed by atoms with Crippen molar-refractivity contribution in [2.45, 2.75) is 77.7 Å². The Bertz CT molecular complexity index is 284. The van der Waals surface area contributed by atoms with E-state index in [1.165, 1.54) is 0 Å². The van der Waals surface area contributed by atoms with Crippen LogP contribution in [0.3, 0.4) is 0 Å². The van der Waals surface area contributed by atoms with Gasteiger partial charge >= 0.3 is 0 Å². The van der Waals surface area contributed by atoms with Crippen LogP contribution in [-0.2, 0) is 9.47 Å². The van der Waals surface area contributed by atoms with Gasteiger partial charge in [0.25, 0.3) is 0 Å². The molecule has 1 saturated heterocycles. The third kappa shape index (κ3) is 3.25. The first kappa shape index (κ1) is 15.9. The molecule has 1 N–H and O–H groups in total. The smallest absolute Gasteiger partial charge is 0.0782 e. The molecule has 0 spiro atoms. The van der Waals surface area contributed by atoms with E-state index in [0.717, 1.165) is 13.0 Å². The second kappa shape index (κ2) is 5.10. The van der Waals surface area contributed by atoms with Crippen molar-refractivity contribution in [3.63, 3.8) is 0 Å². The predicted octanol–water partition coefficient (Wildman–Crippen LogP) is 2.98. The average Bonchev–Trinajstić information content (AvgIpc) is 2.35. The van der Waals surface area contributed by atoms with E-state index in [1.54, 1.807) is 0 Å². The predicted molar refractivity (Wildman–Crippen MR) is 75.9 cm³/mol. The van der Waals surface area contributed by atoms with E-state index in [0.29, 0.717) is 5.92 Å². The van der Waals surface area contributed by atoms with Gasteiger partial charge in [0.05, 0.1) is 16.8 Å². The largest absolute Gasteiger partial charge is 0.374 e. The maximum absolute atomic E-state index is 6.21. The van der Waals surface area contributed by atoms with Crippen LogP contribution in [0.25, 0.3) is 0 Å². The fraction of sp³-hybridized carbons (Fsp3) is 1.00. The number of rotatable bonds is 5. The number of likely N-dealkylation sites (N-methyl/N-ethyl adjacent to an activating group) is 1. The minimum atomic E-state index is -0.185. The highest BCUT2D eigenvalue weighted by Crippen LogP contribution is 2.45. The summed E-state index contributed by atoms with van der Waals surface area (Å²) >= 11 is 0. The normalized spacial score (nSPS) is 28.3. The molecule has 1 heterocycles. The van der Waals surface area contributed by atoms with Gasteiger partial charge < -0.3 is 14.8 Å². The van der Waals surface area contributed by atoms with Crippen molar-refractivity contribution >= 4 is 0 Å². The van der Waals surface area contributed by atoms with Crippen LogP contribution >= 0.6 is 0 Å². The Morgan fingerprint density at radius 3 is 2.22 bits per heavy atom. The highest BCUT2D eigenvalue weighted by Gasteiger charge is 2.52. The van der Waals surface area contributed by atoms with Gasteiger partial charge in [0.15, 0.2) is 0 Å². The molecule has 0 aromatic carbocycles. The monoisotopic (exact) mass is 257 g/mol. The fourth-order valence-electron chi connectivity index (χ4n) is 3.62. The summed E-state index contributed by atoms with van der Waals surface area (Å²) in [6.45, 7) is 15.9. The van der Waals surface area contributed by atoms with Crippen molar-refractivity contribution in [2.75, 3.05) is 13.7 Å². The van der Waals surface area contributed by atoms with E-state index < -0.39 is 0 Å². The first-order chi connectivity index (χ1) is 8.06. The fourth-order valence-corrected chi connectivity index (χ4v) is 3.62. The van der Waals surface area contributed by atoms with E-state index in [-0.39, 0.29) is 22.8 Å². The van der Waals surface area contributed by atoms with Gasteiger partial charge in [0, 0.05) is 18.6 Å². The Kier molecular flexibility index (Phi) is 4.52. The SMILES string of the molecule is CCOC(C)(C)C(NC)C1CC(C)(C)OC1(C)C. The second-order valence-electron chi connectivity index (χ2n) is 7.08. The Hall–Kier alpha value is -0.120. The summed E-state index contributed by atoms with van der Waals surface area (Å²) in [5, 5.41) is 3.46. The van der Waals surface area contributed by atoms with Gasteiger partial charge in [-0.15, -0.1) is 0 Å². The number of hydrogen-bond acceptors (Lipinski definition) is 3. The van der Waals surface area contributed by atoms with Gasteiger partial charge in [0.2, 0.25) is 0 Å². The molecule has 0 amide bonds. The summed E-state index contributed by atoms with van der Waals surface area (Å²) in [7, 11) is 2.02. The molecule has 0 saturated carbocycles. The number of nitrogens with one attached hydrogen (secondary N) is 1. The minimum Gasteiger partial charge on any atom is -0.374 e.